The molecule has 0 aliphatic carbocycles. The van der Waals surface area contributed by atoms with E-state index < -0.39 is 12.0 Å². The maximum atomic E-state index is 12.5. The topological polar surface area (TPSA) is 94.2 Å². The van der Waals surface area contributed by atoms with E-state index >= 15 is 0 Å². The minimum atomic E-state index is -0.501. The zero-order chi connectivity index (χ0) is 38.5. The van der Waals surface area contributed by atoms with Gasteiger partial charge < -0.3 is 24.4 Å². The summed E-state index contributed by atoms with van der Waals surface area (Å²) >= 11 is 0. The molecule has 0 bridgehead atoms. The maximum absolute atomic E-state index is 12.5. The number of carbonyl (C=O) groups excluding carboxylic acids is 3. The molecule has 0 spiro atoms. The number of nitrogens with zero attached hydrogens (tertiary/aromatic N) is 1. The van der Waals surface area contributed by atoms with Crippen LogP contribution in [0.3, 0.4) is 0 Å². The van der Waals surface area contributed by atoms with Crippen molar-refractivity contribution in [3.63, 3.8) is 0 Å². The van der Waals surface area contributed by atoms with Gasteiger partial charge in [-0.2, -0.15) is 0 Å². The number of hydrogen-bond donors (Lipinski definition) is 1. The largest absolute Gasteiger partial charge is 0.465 e. The molecule has 1 aliphatic heterocycles. The number of nitrogens with one attached hydrogen (secondary N) is 1. The lowest BCUT2D eigenvalue weighted by atomic mass is 10.1. The van der Waals surface area contributed by atoms with Gasteiger partial charge in [-0.25, -0.2) is 4.79 Å². The normalized spacial score (nSPS) is 14.5. The average Bonchev–Trinajstić information content (AvgIpc) is 3.13. The molecule has 8 nitrogen and oxygen atoms in total. The smallest absolute Gasteiger partial charge is 0.407 e. The fraction of sp³-hybridized carbons (Fsp3) is 0.711. The van der Waals surface area contributed by atoms with Crippen molar-refractivity contribution in [2.24, 2.45) is 5.92 Å². The Morgan fingerprint density at radius 3 is 1.45 bits per heavy atom. The summed E-state index contributed by atoms with van der Waals surface area (Å²) in [6.07, 6.45) is 44.3. The van der Waals surface area contributed by atoms with E-state index in [0.717, 1.165) is 109 Å². The van der Waals surface area contributed by atoms with Crippen LogP contribution in [0.25, 0.3) is 0 Å². The molecule has 1 aliphatic rings. The van der Waals surface area contributed by atoms with Gasteiger partial charge in [0.15, 0.2) is 0 Å². The standard InChI is InChI=1S/C45H76N2O6/c1-4-6-8-10-12-14-16-18-20-22-24-26-28-30-32-34-43(48)51-38-41(40-53-45(50)46-42-36-47(3)37-42)39-52-44(49)35-33-31-29-27-25-23-21-19-17-15-13-11-9-7-5-2/h6,8,12-15,18-21,41-42H,4-5,7,9-11,16-17,22-40H2,1-3H3,(H,46,50)/b8-6-,14-12-,15-13-,20-18-,21-19-. The fourth-order valence-corrected chi connectivity index (χ4v) is 5.87. The molecule has 1 heterocycles. The summed E-state index contributed by atoms with van der Waals surface area (Å²) in [6, 6.07) is 0.0761. The van der Waals surface area contributed by atoms with Crippen molar-refractivity contribution in [1.82, 2.24) is 10.2 Å². The predicted octanol–water partition coefficient (Wildman–Crippen LogP) is 11.1. The van der Waals surface area contributed by atoms with Gasteiger partial charge in [0.1, 0.15) is 19.8 Å². The van der Waals surface area contributed by atoms with Crippen molar-refractivity contribution in [2.75, 3.05) is 40.0 Å². The summed E-state index contributed by atoms with van der Waals surface area (Å²) in [5.74, 6) is -0.949. The Labute approximate surface area is 323 Å². The molecule has 8 heteroatoms. The summed E-state index contributed by atoms with van der Waals surface area (Å²) in [5, 5.41) is 2.84. The molecule has 302 valence electrons. The Morgan fingerprint density at radius 2 is 0.981 bits per heavy atom. The number of ether oxygens (including phenoxy) is 3. The maximum Gasteiger partial charge on any atom is 0.407 e. The number of rotatable bonds is 34. The van der Waals surface area contributed by atoms with Gasteiger partial charge in [-0.15, -0.1) is 0 Å². The van der Waals surface area contributed by atoms with Gasteiger partial charge in [0.2, 0.25) is 0 Å². The number of amides is 1. The van der Waals surface area contributed by atoms with Crippen LogP contribution in [0.4, 0.5) is 4.79 Å². The lowest BCUT2D eigenvalue weighted by Gasteiger charge is -2.36. The average molecular weight is 741 g/mol. The second kappa shape index (κ2) is 35.9. The molecule has 1 unspecified atom stereocenters. The van der Waals surface area contributed by atoms with Crippen LogP contribution in [0.15, 0.2) is 60.8 Å². The third-order valence-electron chi connectivity index (χ3n) is 9.16. The van der Waals surface area contributed by atoms with Crippen LogP contribution in [0.5, 0.6) is 0 Å². The molecule has 53 heavy (non-hydrogen) atoms. The molecule has 1 saturated heterocycles. The second-order valence-electron chi connectivity index (χ2n) is 14.5. The number of carbonyl (C=O) groups is 3. The Balaban J connectivity index is 2.22. The summed E-state index contributed by atoms with van der Waals surface area (Å²) in [6.45, 7) is 6.06. The highest BCUT2D eigenvalue weighted by molar-refractivity contribution is 5.70. The first kappa shape index (κ1) is 47.9. The Morgan fingerprint density at radius 1 is 0.566 bits per heavy atom. The molecular weight excluding hydrogens is 665 g/mol. The van der Waals surface area contributed by atoms with E-state index in [1.54, 1.807) is 0 Å². The Hall–Kier alpha value is -3.13. The number of alkyl carbamates (subject to hydrolysis) is 1. The lowest BCUT2D eigenvalue weighted by molar-refractivity contribution is -0.150. The van der Waals surface area contributed by atoms with Crippen LogP contribution in [-0.4, -0.2) is 68.9 Å². The molecule has 0 radical (unpaired) electrons. The van der Waals surface area contributed by atoms with Gasteiger partial charge >= 0.3 is 18.0 Å². The third kappa shape index (κ3) is 32.1. The molecule has 1 N–H and O–H groups in total. The second-order valence-corrected chi connectivity index (χ2v) is 14.5. The van der Waals surface area contributed by atoms with Crippen molar-refractivity contribution in [1.29, 1.82) is 0 Å². The van der Waals surface area contributed by atoms with E-state index in [0.29, 0.717) is 12.8 Å². The van der Waals surface area contributed by atoms with Gasteiger partial charge in [-0.3, -0.25) is 9.59 Å². The van der Waals surface area contributed by atoms with Crippen LogP contribution in [0, 0.1) is 5.92 Å². The summed E-state index contributed by atoms with van der Waals surface area (Å²) in [7, 11) is 1.99. The number of allylic oxidation sites excluding steroid dienone is 10. The number of hydrogen-bond acceptors (Lipinski definition) is 7. The highest BCUT2D eigenvalue weighted by atomic mass is 16.6. The fourth-order valence-electron chi connectivity index (χ4n) is 5.87. The van der Waals surface area contributed by atoms with Gasteiger partial charge in [0, 0.05) is 25.9 Å². The van der Waals surface area contributed by atoms with E-state index in [9.17, 15) is 14.4 Å². The van der Waals surface area contributed by atoms with Crippen LogP contribution in [-0.2, 0) is 23.8 Å². The summed E-state index contributed by atoms with van der Waals surface area (Å²) in [4.78, 5) is 39.3. The highest BCUT2D eigenvalue weighted by Crippen LogP contribution is 2.12. The van der Waals surface area contributed by atoms with E-state index in [1.807, 2.05) is 7.05 Å². The Bertz CT molecular complexity index is 1060. The number of likely N-dealkylation sites (tertiary alicyclic amines) is 1. The third-order valence-corrected chi connectivity index (χ3v) is 9.16. The van der Waals surface area contributed by atoms with Gasteiger partial charge in [-0.05, 0) is 84.1 Å². The van der Waals surface area contributed by atoms with E-state index in [-0.39, 0.29) is 37.8 Å². The first-order chi connectivity index (χ1) is 25.9. The quantitative estimate of drug-likeness (QED) is 0.0304. The van der Waals surface area contributed by atoms with Crippen LogP contribution in [0.2, 0.25) is 0 Å². The van der Waals surface area contributed by atoms with E-state index in [4.69, 9.17) is 14.2 Å². The molecule has 1 atom stereocenters. The molecule has 0 aromatic carbocycles. The van der Waals surface area contributed by atoms with Gasteiger partial charge in [0.25, 0.3) is 0 Å². The van der Waals surface area contributed by atoms with Crippen molar-refractivity contribution < 1.29 is 28.6 Å². The molecule has 1 rings (SSSR count). The van der Waals surface area contributed by atoms with Crippen LogP contribution < -0.4 is 5.32 Å². The minimum absolute atomic E-state index is 0.0136. The molecule has 0 aromatic rings. The molecular formula is C45H76N2O6. The monoisotopic (exact) mass is 741 g/mol. The SMILES string of the molecule is CC/C=C\C/C=C\C/C=C\CCCCCCCC(=O)OCC(COC(=O)CCCCCCC/C=C\C/C=C\CCCCC)COC(=O)NC1CN(C)C1. The predicted molar refractivity (Wildman–Crippen MR) is 220 cm³/mol. The van der Waals surface area contributed by atoms with Gasteiger partial charge in [-0.1, -0.05) is 126 Å². The molecule has 1 fully saturated rings. The summed E-state index contributed by atoms with van der Waals surface area (Å²) in [5.41, 5.74) is 0. The highest BCUT2D eigenvalue weighted by Gasteiger charge is 2.26. The van der Waals surface area contributed by atoms with Crippen LogP contribution >= 0.6 is 0 Å². The van der Waals surface area contributed by atoms with Crippen molar-refractivity contribution in [3.05, 3.63) is 60.8 Å². The summed E-state index contributed by atoms with van der Waals surface area (Å²) < 4.78 is 16.5. The Kier molecular flexibility index (Phi) is 32.4. The number of likely N-dealkylation sites (N-methyl/N-ethyl adjacent to an activating group) is 1. The lowest BCUT2D eigenvalue weighted by Crippen LogP contribution is -2.57. The first-order valence-corrected chi connectivity index (χ1v) is 21.1. The minimum Gasteiger partial charge on any atom is -0.465 e. The van der Waals surface area contributed by atoms with Crippen molar-refractivity contribution in [3.8, 4) is 0 Å². The van der Waals surface area contributed by atoms with E-state index in [1.165, 1.54) is 32.1 Å². The molecule has 1 amide bonds. The number of esters is 2. The van der Waals surface area contributed by atoms with E-state index in [2.05, 4.69) is 84.8 Å². The van der Waals surface area contributed by atoms with Crippen LogP contribution in [0.1, 0.15) is 155 Å². The van der Waals surface area contributed by atoms with Gasteiger partial charge in [0.05, 0.1) is 12.0 Å². The van der Waals surface area contributed by atoms with Crippen molar-refractivity contribution >= 4 is 18.0 Å². The zero-order valence-electron chi connectivity index (χ0n) is 33.9. The first-order valence-electron chi connectivity index (χ1n) is 21.1. The number of unbranched alkanes of at least 4 members (excludes halogenated alkanes) is 13. The zero-order valence-corrected chi connectivity index (χ0v) is 33.9. The molecule has 0 saturated carbocycles. The van der Waals surface area contributed by atoms with Crippen molar-refractivity contribution in [2.45, 2.75) is 161 Å². The molecule has 0 aromatic heterocycles.